The third-order valence-corrected chi connectivity index (χ3v) is 2.70. The molecule has 1 saturated heterocycles. The van der Waals surface area contributed by atoms with E-state index in [1.165, 1.54) is 0 Å². The fourth-order valence-corrected chi connectivity index (χ4v) is 2.03. The first kappa shape index (κ1) is 12.3. The van der Waals surface area contributed by atoms with Gasteiger partial charge in [0, 0.05) is 12.6 Å². The number of ether oxygens (including phenoxy) is 1. The molecule has 0 aromatic carbocycles. The lowest BCUT2D eigenvalue weighted by Crippen LogP contribution is -2.41. The van der Waals surface area contributed by atoms with Crippen LogP contribution in [0.3, 0.4) is 0 Å². The maximum atomic E-state index is 11.9. The highest BCUT2D eigenvalue weighted by atomic mass is 16.6. The smallest absolute Gasteiger partial charge is 0.410 e. The van der Waals surface area contributed by atoms with Crippen molar-refractivity contribution in [1.82, 2.24) is 4.90 Å². The van der Waals surface area contributed by atoms with Crippen LogP contribution in [0.5, 0.6) is 0 Å². The van der Waals surface area contributed by atoms with Crippen molar-refractivity contribution in [2.75, 3.05) is 6.54 Å². The normalized spacial score (nSPS) is 22.3. The summed E-state index contributed by atoms with van der Waals surface area (Å²) >= 11 is 0. The molecule has 88 valence electrons. The van der Waals surface area contributed by atoms with Crippen LogP contribution in [0.15, 0.2) is 0 Å². The molecule has 0 unspecified atom stereocenters. The number of hydrogen-bond acceptors (Lipinski definition) is 2. The van der Waals surface area contributed by atoms with E-state index in [2.05, 4.69) is 13.8 Å². The van der Waals surface area contributed by atoms with Crippen LogP contribution in [0.25, 0.3) is 0 Å². The Labute approximate surface area is 92.8 Å². The fraction of sp³-hybridized carbons (Fsp3) is 0.917. The Bertz CT molecular complexity index is 230. The van der Waals surface area contributed by atoms with Gasteiger partial charge in [0.05, 0.1) is 0 Å². The van der Waals surface area contributed by atoms with Gasteiger partial charge >= 0.3 is 6.09 Å². The van der Waals surface area contributed by atoms with Crippen molar-refractivity contribution in [2.24, 2.45) is 5.92 Å². The summed E-state index contributed by atoms with van der Waals surface area (Å²) in [5.74, 6) is 0.514. The van der Waals surface area contributed by atoms with Crippen LogP contribution in [0.4, 0.5) is 4.79 Å². The van der Waals surface area contributed by atoms with Crippen LogP contribution >= 0.6 is 0 Å². The molecule has 0 aromatic heterocycles. The molecule has 0 saturated carbocycles. The zero-order valence-electron chi connectivity index (χ0n) is 10.5. The van der Waals surface area contributed by atoms with Crippen molar-refractivity contribution in [3.63, 3.8) is 0 Å². The Morgan fingerprint density at radius 1 is 1.40 bits per heavy atom. The maximum Gasteiger partial charge on any atom is 0.410 e. The van der Waals surface area contributed by atoms with Gasteiger partial charge in [-0.3, -0.25) is 0 Å². The quantitative estimate of drug-likeness (QED) is 0.670. The van der Waals surface area contributed by atoms with Crippen LogP contribution in [0.2, 0.25) is 0 Å². The average Bonchev–Trinajstić information content (AvgIpc) is 2.47. The van der Waals surface area contributed by atoms with Crippen LogP contribution in [-0.4, -0.2) is 29.2 Å². The number of carbonyl (C=O) groups is 1. The lowest BCUT2D eigenvalue weighted by atomic mass is 10.0. The molecule has 0 bridgehead atoms. The molecule has 1 aliphatic heterocycles. The lowest BCUT2D eigenvalue weighted by molar-refractivity contribution is 0.0190. The van der Waals surface area contributed by atoms with Crippen molar-refractivity contribution in [3.8, 4) is 0 Å². The number of rotatable bonds is 1. The minimum absolute atomic E-state index is 0.154. The second-order valence-electron chi connectivity index (χ2n) is 5.63. The van der Waals surface area contributed by atoms with E-state index in [0.29, 0.717) is 12.0 Å². The summed E-state index contributed by atoms with van der Waals surface area (Å²) in [6, 6.07) is 0.361. The zero-order valence-corrected chi connectivity index (χ0v) is 10.5. The monoisotopic (exact) mass is 213 g/mol. The van der Waals surface area contributed by atoms with Gasteiger partial charge < -0.3 is 9.64 Å². The first-order valence-electron chi connectivity index (χ1n) is 5.81. The van der Waals surface area contributed by atoms with Gasteiger partial charge in [-0.15, -0.1) is 0 Å². The van der Waals surface area contributed by atoms with Crippen LogP contribution in [-0.2, 0) is 4.74 Å². The first-order chi connectivity index (χ1) is 6.81. The highest BCUT2D eigenvalue weighted by molar-refractivity contribution is 5.69. The molecule has 0 aromatic rings. The molecule has 0 spiro atoms. The minimum atomic E-state index is -0.388. The molecular weight excluding hydrogens is 190 g/mol. The van der Waals surface area contributed by atoms with E-state index in [0.717, 1.165) is 19.4 Å². The van der Waals surface area contributed by atoms with Gasteiger partial charge in [-0.25, -0.2) is 4.79 Å². The van der Waals surface area contributed by atoms with Crippen molar-refractivity contribution >= 4 is 6.09 Å². The molecule has 1 aliphatic rings. The van der Waals surface area contributed by atoms with E-state index >= 15 is 0 Å². The maximum absolute atomic E-state index is 11.9. The molecule has 1 fully saturated rings. The topological polar surface area (TPSA) is 29.5 Å². The number of nitrogens with zero attached hydrogens (tertiary/aromatic N) is 1. The summed E-state index contributed by atoms with van der Waals surface area (Å²) < 4.78 is 5.39. The summed E-state index contributed by atoms with van der Waals surface area (Å²) in [4.78, 5) is 13.8. The summed E-state index contributed by atoms with van der Waals surface area (Å²) in [5.41, 5.74) is -0.388. The van der Waals surface area contributed by atoms with Gasteiger partial charge in [-0.05, 0) is 39.5 Å². The highest BCUT2D eigenvalue weighted by Crippen LogP contribution is 2.25. The van der Waals surface area contributed by atoms with Crippen molar-refractivity contribution in [3.05, 3.63) is 0 Å². The molecule has 0 aliphatic carbocycles. The summed E-state index contributed by atoms with van der Waals surface area (Å²) in [6.07, 6.45) is 2.05. The predicted octanol–water partition coefficient (Wildman–Crippen LogP) is 3.04. The number of hydrogen-bond donors (Lipinski definition) is 0. The summed E-state index contributed by atoms with van der Waals surface area (Å²) in [5, 5.41) is 0. The molecule has 1 rings (SSSR count). The number of carbonyl (C=O) groups excluding carboxylic acids is 1. The van der Waals surface area contributed by atoms with E-state index in [1.54, 1.807) is 0 Å². The van der Waals surface area contributed by atoms with E-state index in [1.807, 2.05) is 25.7 Å². The van der Waals surface area contributed by atoms with E-state index in [-0.39, 0.29) is 11.7 Å². The molecule has 1 amide bonds. The highest BCUT2D eigenvalue weighted by Gasteiger charge is 2.33. The zero-order chi connectivity index (χ0) is 11.6. The van der Waals surface area contributed by atoms with E-state index < -0.39 is 0 Å². The van der Waals surface area contributed by atoms with Gasteiger partial charge in [-0.1, -0.05) is 13.8 Å². The Balaban J connectivity index is 2.59. The fourth-order valence-electron chi connectivity index (χ4n) is 2.03. The predicted molar refractivity (Wildman–Crippen MR) is 60.8 cm³/mol. The van der Waals surface area contributed by atoms with Crippen LogP contribution in [0, 0.1) is 5.92 Å². The Morgan fingerprint density at radius 2 is 2.00 bits per heavy atom. The molecule has 15 heavy (non-hydrogen) atoms. The molecule has 1 atom stereocenters. The molecule has 0 radical (unpaired) electrons. The van der Waals surface area contributed by atoms with Gasteiger partial charge in [0.2, 0.25) is 0 Å². The van der Waals surface area contributed by atoms with E-state index in [4.69, 9.17) is 4.74 Å². The summed E-state index contributed by atoms with van der Waals surface area (Å²) in [7, 11) is 0. The first-order valence-corrected chi connectivity index (χ1v) is 5.81. The third kappa shape index (κ3) is 3.40. The SMILES string of the molecule is CC(C)[C@@H]1CCCN1C(=O)OC(C)(C)C. The number of likely N-dealkylation sites (tertiary alicyclic amines) is 1. The largest absolute Gasteiger partial charge is 0.444 e. The number of amides is 1. The van der Waals surface area contributed by atoms with Crippen LogP contribution in [0.1, 0.15) is 47.5 Å². The molecule has 3 heteroatoms. The van der Waals surface area contributed by atoms with Crippen molar-refractivity contribution in [2.45, 2.75) is 59.1 Å². The molecule has 3 nitrogen and oxygen atoms in total. The molecular formula is C12H23NO2. The second-order valence-corrected chi connectivity index (χ2v) is 5.63. The van der Waals surface area contributed by atoms with Crippen molar-refractivity contribution < 1.29 is 9.53 Å². The standard InChI is InChI=1S/C12H23NO2/c1-9(2)10-7-6-8-13(10)11(14)15-12(3,4)5/h9-10H,6-8H2,1-5H3/t10-/m0/s1. The second kappa shape index (κ2) is 4.42. The van der Waals surface area contributed by atoms with Gasteiger partial charge in [0.1, 0.15) is 5.60 Å². The van der Waals surface area contributed by atoms with Gasteiger partial charge in [-0.2, -0.15) is 0 Å². The molecule has 1 heterocycles. The third-order valence-electron chi connectivity index (χ3n) is 2.70. The van der Waals surface area contributed by atoms with Gasteiger partial charge in [0.25, 0.3) is 0 Å². The minimum Gasteiger partial charge on any atom is -0.444 e. The average molecular weight is 213 g/mol. The Morgan fingerprint density at radius 3 is 2.47 bits per heavy atom. The van der Waals surface area contributed by atoms with Crippen molar-refractivity contribution in [1.29, 1.82) is 0 Å². The Kier molecular flexibility index (Phi) is 3.63. The van der Waals surface area contributed by atoms with Gasteiger partial charge in [0.15, 0.2) is 0 Å². The molecule has 0 N–H and O–H groups in total. The van der Waals surface area contributed by atoms with E-state index in [9.17, 15) is 4.79 Å². The van der Waals surface area contributed by atoms with Crippen LogP contribution < -0.4 is 0 Å². The lowest BCUT2D eigenvalue weighted by Gasteiger charge is -2.30. The summed E-state index contributed by atoms with van der Waals surface area (Å²) in [6.45, 7) is 10.9. The Hall–Kier alpha value is -0.730.